The second-order valence-corrected chi connectivity index (χ2v) is 4.97. The van der Waals surface area contributed by atoms with E-state index in [2.05, 4.69) is 21.0 Å². The molecule has 1 aromatic carbocycles. The van der Waals surface area contributed by atoms with Crippen LogP contribution in [0.2, 0.25) is 0 Å². The van der Waals surface area contributed by atoms with Crippen molar-refractivity contribution >= 4 is 27.6 Å². The molecule has 0 saturated carbocycles. The molecule has 2 rings (SSSR count). The summed E-state index contributed by atoms with van der Waals surface area (Å²) in [6, 6.07) is 4.34. The number of aromatic carboxylic acids is 1. The third-order valence-corrected chi connectivity index (χ3v) is 3.44. The van der Waals surface area contributed by atoms with Crippen LogP contribution in [0, 0.1) is 10.1 Å². The number of carboxylic acids is 1. The molecule has 0 radical (unpaired) electrons. The first kappa shape index (κ1) is 15.1. The Hall–Kier alpha value is -2.26. The zero-order chi connectivity index (χ0) is 15.6. The van der Waals surface area contributed by atoms with E-state index in [1.165, 1.54) is 23.0 Å². The van der Waals surface area contributed by atoms with E-state index in [4.69, 9.17) is 10.2 Å². The van der Waals surface area contributed by atoms with Crippen LogP contribution in [0.3, 0.4) is 0 Å². The summed E-state index contributed by atoms with van der Waals surface area (Å²) in [6.45, 7) is -0.216. The van der Waals surface area contributed by atoms with Gasteiger partial charge in [0, 0.05) is 24.4 Å². The molecule has 0 spiro atoms. The average molecular weight is 356 g/mol. The predicted octanol–water partition coefficient (Wildman–Crippen LogP) is 1.78. The number of nitro groups is 1. The number of hydrogen-bond acceptors (Lipinski definition) is 5. The van der Waals surface area contributed by atoms with E-state index in [0.717, 1.165) is 0 Å². The van der Waals surface area contributed by atoms with Gasteiger partial charge in [0.15, 0.2) is 5.69 Å². The molecule has 0 aliphatic rings. The van der Waals surface area contributed by atoms with Gasteiger partial charge in [-0.25, -0.2) is 9.48 Å². The lowest BCUT2D eigenvalue weighted by Gasteiger charge is -2.02. The van der Waals surface area contributed by atoms with Gasteiger partial charge < -0.3 is 10.2 Å². The van der Waals surface area contributed by atoms with E-state index in [-0.39, 0.29) is 24.4 Å². The van der Waals surface area contributed by atoms with Crippen LogP contribution in [-0.4, -0.2) is 37.5 Å². The molecule has 0 fully saturated rings. The number of halogens is 1. The highest BCUT2D eigenvalue weighted by atomic mass is 79.9. The normalized spacial score (nSPS) is 10.6. The van der Waals surface area contributed by atoms with Crippen LogP contribution in [0.15, 0.2) is 28.9 Å². The summed E-state index contributed by atoms with van der Waals surface area (Å²) in [5, 5.41) is 32.8. The van der Waals surface area contributed by atoms with Gasteiger partial charge >= 0.3 is 5.97 Å². The molecule has 2 N–H and O–H groups in total. The molecule has 110 valence electrons. The summed E-state index contributed by atoms with van der Waals surface area (Å²) < 4.78 is 1.56. The fourth-order valence-corrected chi connectivity index (χ4v) is 2.20. The minimum absolute atomic E-state index is 0.139. The Balaban J connectivity index is 2.52. The van der Waals surface area contributed by atoms with Crippen molar-refractivity contribution < 1.29 is 19.9 Å². The summed E-state index contributed by atoms with van der Waals surface area (Å²) in [4.78, 5) is 21.5. The minimum Gasteiger partial charge on any atom is -0.476 e. The van der Waals surface area contributed by atoms with Gasteiger partial charge in [0.25, 0.3) is 5.69 Å². The number of benzene rings is 1. The van der Waals surface area contributed by atoms with Crippen molar-refractivity contribution in [2.75, 3.05) is 6.61 Å². The van der Waals surface area contributed by atoms with E-state index in [0.29, 0.717) is 15.7 Å². The quantitative estimate of drug-likeness (QED) is 0.623. The second kappa shape index (κ2) is 6.02. The molecule has 0 unspecified atom stereocenters. The number of carbonyl (C=O) groups is 1. The summed E-state index contributed by atoms with van der Waals surface area (Å²) >= 11 is 3.07. The maximum Gasteiger partial charge on any atom is 0.356 e. The van der Waals surface area contributed by atoms with E-state index in [1.807, 2.05) is 0 Å². The highest BCUT2D eigenvalue weighted by Crippen LogP contribution is 2.27. The smallest absolute Gasteiger partial charge is 0.356 e. The number of hydrogen-bond donors (Lipinski definition) is 2. The molecule has 8 nitrogen and oxygen atoms in total. The highest BCUT2D eigenvalue weighted by molar-refractivity contribution is 9.10. The van der Waals surface area contributed by atoms with E-state index < -0.39 is 10.9 Å². The van der Waals surface area contributed by atoms with Crippen LogP contribution in [0.1, 0.15) is 16.1 Å². The third-order valence-electron chi connectivity index (χ3n) is 2.76. The molecule has 1 aromatic heterocycles. The molecule has 0 bridgehead atoms. The Bertz CT molecular complexity index is 713. The molecule has 0 aliphatic heterocycles. The molecule has 0 aliphatic carbocycles. The number of aliphatic hydroxyl groups is 1. The van der Waals surface area contributed by atoms with Crippen molar-refractivity contribution in [2.24, 2.45) is 0 Å². The van der Waals surface area contributed by atoms with Crippen molar-refractivity contribution in [1.29, 1.82) is 0 Å². The van der Waals surface area contributed by atoms with Gasteiger partial charge in [0.1, 0.15) is 0 Å². The number of aromatic nitrogens is 2. The number of nitrogens with zero attached hydrogens (tertiary/aromatic N) is 3. The van der Waals surface area contributed by atoms with Crippen molar-refractivity contribution in [1.82, 2.24) is 9.78 Å². The largest absolute Gasteiger partial charge is 0.476 e. The average Bonchev–Trinajstić information content (AvgIpc) is 2.83. The van der Waals surface area contributed by atoms with Crippen LogP contribution in [-0.2, 0) is 6.42 Å². The van der Waals surface area contributed by atoms with Crippen LogP contribution in [0.5, 0.6) is 0 Å². The molecule has 1 heterocycles. The molecule has 0 amide bonds. The van der Waals surface area contributed by atoms with E-state index in [1.54, 1.807) is 6.07 Å². The number of nitro benzene ring substituents is 1. The lowest BCUT2D eigenvalue weighted by molar-refractivity contribution is -0.385. The van der Waals surface area contributed by atoms with Crippen molar-refractivity contribution in [2.45, 2.75) is 6.42 Å². The van der Waals surface area contributed by atoms with E-state index >= 15 is 0 Å². The van der Waals surface area contributed by atoms with Crippen LogP contribution in [0.25, 0.3) is 5.69 Å². The topological polar surface area (TPSA) is 118 Å². The van der Waals surface area contributed by atoms with Crippen molar-refractivity contribution in [3.63, 3.8) is 0 Å². The fraction of sp³-hybridized carbons (Fsp3) is 0.167. The van der Waals surface area contributed by atoms with Gasteiger partial charge in [-0.3, -0.25) is 10.1 Å². The lowest BCUT2D eigenvalue weighted by atomic mass is 10.2. The molecule has 0 saturated heterocycles. The maximum atomic E-state index is 11.1. The number of rotatable bonds is 5. The summed E-state index contributed by atoms with van der Waals surface area (Å²) in [5.74, 6) is -1.22. The van der Waals surface area contributed by atoms with Gasteiger partial charge in [-0.05, 0) is 34.5 Å². The lowest BCUT2D eigenvalue weighted by Crippen LogP contribution is -2.04. The zero-order valence-electron chi connectivity index (χ0n) is 10.6. The van der Waals surface area contributed by atoms with Gasteiger partial charge in [-0.2, -0.15) is 5.10 Å². The molecule has 21 heavy (non-hydrogen) atoms. The van der Waals surface area contributed by atoms with Crippen LogP contribution < -0.4 is 0 Å². The van der Waals surface area contributed by atoms with Crippen LogP contribution >= 0.6 is 15.9 Å². The van der Waals surface area contributed by atoms with Gasteiger partial charge in [0.2, 0.25) is 0 Å². The van der Waals surface area contributed by atoms with Gasteiger partial charge in [-0.15, -0.1) is 0 Å². The third kappa shape index (κ3) is 3.09. The molecule has 2 aromatic rings. The molecule has 0 atom stereocenters. The fourth-order valence-electron chi connectivity index (χ4n) is 1.81. The predicted molar refractivity (Wildman–Crippen MR) is 75.7 cm³/mol. The van der Waals surface area contributed by atoms with Gasteiger partial charge in [0.05, 0.1) is 15.1 Å². The number of carboxylic acid groups (broad SMARTS) is 1. The highest BCUT2D eigenvalue weighted by Gasteiger charge is 2.18. The molecular formula is C12H10BrN3O5. The Morgan fingerprint density at radius 2 is 2.19 bits per heavy atom. The first-order valence-electron chi connectivity index (χ1n) is 5.81. The monoisotopic (exact) mass is 355 g/mol. The van der Waals surface area contributed by atoms with Gasteiger partial charge in [-0.1, -0.05) is 0 Å². The summed E-state index contributed by atoms with van der Waals surface area (Å²) in [6.07, 6.45) is 1.58. The Morgan fingerprint density at radius 1 is 1.48 bits per heavy atom. The molecular weight excluding hydrogens is 346 g/mol. The van der Waals surface area contributed by atoms with E-state index in [9.17, 15) is 14.9 Å². The minimum atomic E-state index is -1.22. The second-order valence-electron chi connectivity index (χ2n) is 4.12. The zero-order valence-corrected chi connectivity index (χ0v) is 12.1. The number of aliphatic hydroxyl groups excluding tert-OH is 1. The Kier molecular flexibility index (Phi) is 4.34. The summed E-state index contributed by atoms with van der Waals surface area (Å²) in [7, 11) is 0. The Morgan fingerprint density at radius 3 is 2.76 bits per heavy atom. The Labute approximate surface area is 126 Å². The summed E-state index contributed by atoms with van der Waals surface area (Å²) in [5.41, 5.74) is 0.380. The standard InChI is InChI=1S/C12H10BrN3O5/c13-9-2-1-8(5-10(9)16(20)21)15-6-7(3-4-17)11(14-15)12(18)19/h1-2,5-6,17H,3-4H2,(H,18,19). The first-order chi connectivity index (χ1) is 9.93. The molecule has 9 heteroatoms. The maximum absolute atomic E-state index is 11.1. The first-order valence-corrected chi connectivity index (χ1v) is 6.60. The SMILES string of the molecule is O=C(O)c1nn(-c2ccc(Br)c([N+](=O)[O-])c2)cc1CCO. The van der Waals surface area contributed by atoms with Crippen molar-refractivity contribution in [3.05, 3.63) is 50.2 Å². The van der Waals surface area contributed by atoms with Crippen molar-refractivity contribution in [3.8, 4) is 5.69 Å². The van der Waals surface area contributed by atoms with Crippen LogP contribution in [0.4, 0.5) is 5.69 Å².